The van der Waals surface area contributed by atoms with Crippen molar-refractivity contribution in [3.63, 3.8) is 0 Å². The molecule has 0 radical (unpaired) electrons. The van der Waals surface area contributed by atoms with E-state index in [9.17, 15) is 14.4 Å². The van der Waals surface area contributed by atoms with Gasteiger partial charge in [-0.2, -0.15) is 11.8 Å². The van der Waals surface area contributed by atoms with E-state index in [0.29, 0.717) is 19.5 Å². The number of aliphatic carboxylic acids is 1. The zero-order valence-corrected chi connectivity index (χ0v) is 14.4. The molecule has 0 bridgehead atoms. The molecule has 1 fully saturated rings. The summed E-state index contributed by atoms with van der Waals surface area (Å²) in [7, 11) is 0. The predicted molar refractivity (Wildman–Crippen MR) is 86.8 cm³/mol. The zero-order chi connectivity index (χ0) is 16.7. The van der Waals surface area contributed by atoms with Crippen molar-refractivity contribution in [2.45, 2.75) is 39.2 Å². The molecule has 2 atom stereocenters. The first-order chi connectivity index (χ1) is 10.4. The molecular weight excluding hydrogens is 304 g/mol. The van der Waals surface area contributed by atoms with Crippen LogP contribution in [-0.2, 0) is 14.4 Å². The molecule has 0 unspecified atom stereocenters. The van der Waals surface area contributed by atoms with Gasteiger partial charge in [0.25, 0.3) is 0 Å². The average Bonchev–Trinajstić information content (AvgIpc) is 2.69. The van der Waals surface area contributed by atoms with Crippen molar-refractivity contribution in [2.24, 2.45) is 5.92 Å². The molecule has 0 aromatic rings. The van der Waals surface area contributed by atoms with E-state index in [1.165, 1.54) is 11.8 Å². The molecule has 0 aromatic heterocycles. The Labute approximate surface area is 136 Å². The fourth-order valence-electron chi connectivity index (χ4n) is 2.89. The third kappa shape index (κ3) is 5.51. The number of likely N-dealkylation sites (tertiary alicyclic amines) is 1. The minimum Gasteiger partial charge on any atom is -0.480 e. The number of hydrogen-bond acceptors (Lipinski definition) is 4. The number of hydrogen-bond donors (Lipinski definition) is 1. The minimum atomic E-state index is -0.999. The van der Waals surface area contributed by atoms with Gasteiger partial charge in [0.2, 0.25) is 11.8 Å². The van der Waals surface area contributed by atoms with Gasteiger partial charge >= 0.3 is 5.97 Å². The molecule has 1 aliphatic heterocycles. The Morgan fingerprint density at radius 1 is 1.32 bits per heavy atom. The van der Waals surface area contributed by atoms with Crippen LogP contribution < -0.4 is 0 Å². The second-order valence-electron chi connectivity index (χ2n) is 5.81. The third-order valence-electron chi connectivity index (χ3n) is 4.00. The van der Waals surface area contributed by atoms with Crippen LogP contribution in [0.5, 0.6) is 0 Å². The summed E-state index contributed by atoms with van der Waals surface area (Å²) in [5, 5.41) is 8.95. The maximum absolute atomic E-state index is 12.4. The molecule has 1 aliphatic rings. The normalized spacial score (nSPS) is 20.1. The van der Waals surface area contributed by atoms with Gasteiger partial charge in [-0.15, -0.1) is 0 Å². The fourth-order valence-corrected chi connectivity index (χ4v) is 3.53. The van der Waals surface area contributed by atoms with Crippen LogP contribution in [0.1, 0.15) is 33.1 Å². The first kappa shape index (κ1) is 18.8. The van der Waals surface area contributed by atoms with E-state index in [2.05, 4.69) is 0 Å². The van der Waals surface area contributed by atoms with Gasteiger partial charge in [-0.25, -0.2) is 0 Å². The van der Waals surface area contributed by atoms with E-state index in [-0.39, 0.29) is 30.3 Å². The molecule has 126 valence electrons. The van der Waals surface area contributed by atoms with Gasteiger partial charge in [-0.05, 0) is 25.5 Å². The van der Waals surface area contributed by atoms with E-state index in [0.717, 1.165) is 18.6 Å². The third-order valence-corrected chi connectivity index (χ3v) is 4.83. The predicted octanol–water partition coefficient (Wildman–Crippen LogP) is 1.30. The lowest BCUT2D eigenvalue weighted by atomic mass is 10.1. The highest BCUT2D eigenvalue weighted by atomic mass is 32.2. The molecule has 2 amide bonds. The molecule has 6 nitrogen and oxygen atoms in total. The van der Waals surface area contributed by atoms with E-state index in [1.807, 2.05) is 18.1 Å². The van der Waals surface area contributed by atoms with Crippen molar-refractivity contribution in [2.75, 3.05) is 31.6 Å². The van der Waals surface area contributed by atoms with Crippen LogP contribution in [0.2, 0.25) is 0 Å². The Bertz CT molecular complexity index is 416. The molecule has 0 aromatic carbocycles. The van der Waals surface area contributed by atoms with Gasteiger partial charge < -0.3 is 14.9 Å². The monoisotopic (exact) mass is 330 g/mol. The van der Waals surface area contributed by atoms with E-state index >= 15 is 0 Å². The molecule has 0 aliphatic carbocycles. The lowest BCUT2D eigenvalue weighted by Gasteiger charge is -2.29. The van der Waals surface area contributed by atoms with Gasteiger partial charge in [-0.1, -0.05) is 6.92 Å². The Kier molecular flexibility index (Phi) is 7.72. The first-order valence-electron chi connectivity index (χ1n) is 7.63. The average molecular weight is 330 g/mol. The summed E-state index contributed by atoms with van der Waals surface area (Å²) in [4.78, 5) is 38.2. The van der Waals surface area contributed by atoms with Crippen molar-refractivity contribution >= 4 is 29.5 Å². The van der Waals surface area contributed by atoms with Crippen molar-refractivity contribution in [3.8, 4) is 0 Å². The lowest BCUT2D eigenvalue weighted by Crippen LogP contribution is -2.43. The van der Waals surface area contributed by atoms with Crippen LogP contribution in [0.4, 0.5) is 0 Å². The standard InChI is InChI=1S/C15H26N2O4S/c1-11(10-22-3)15(21)16-7-4-5-13(6-8-16)17(12(2)18)9-14(19)20/h11,13H,4-10H2,1-3H3,(H,19,20)/t11-,13+/m0/s1. The molecule has 0 saturated carbocycles. The maximum atomic E-state index is 12.4. The topological polar surface area (TPSA) is 77.9 Å². The van der Waals surface area contributed by atoms with E-state index in [4.69, 9.17) is 5.11 Å². The second kappa shape index (κ2) is 9.02. The van der Waals surface area contributed by atoms with Crippen molar-refractivity contribution in [1.82, 2.24) is 9.80 Å². The summed E-state index contributed by atoms with van der Waals surface area (Å²) in [5.41, 5.74) is 0. The van der Waals surface area contributed by atoms with E-state index in [1.54, 1.807) is 11.8 Å². The smallest absolute Gasteiger partial charge is 0.323 e. The Balaban J connectivity index is 2.66. The first-order valence-corrected chi connectivity index (χ1v) is 9.03. The van der Waals surface area contributed by atoms with Crippen LogP contribution >= 0.6 is 11.8 Å². The van der Waals surface area contributed by atoms with Crippen molar-refractivity contribution in [3.05, 3.63) is 0 Å². The maximum Gasteiger partial charge on any atom is 0.323 e. The molecule has 0 spiro atoms. The number of amides is 2. The molecule has 1 saturated heterocycles. The molecular formula is C15H26N2O4S. The Morgan fingerprint density at radius 3 is 2.55 bits per heavy atom. The summed E-state index contributed by atoms with van der Waals surface area (Å²) in [5.74, 6) is -0.266. The SMILES string of the molecule is CSC[C@H](C)C(=O)N1CCC[C@@H](N(CC(=O)O)C(C)=O)CC1. The summed E-state index contributed by atoms with van der Waals surface area (Å²) in [6, 6.07) is -0.0951. The van der Waals surface area contributed by atoms with Gasteiger partial charge in [0.05, 0.1) is 0 Å². The number of nitrogens with zero attached hydrogens (tertiary/aromatic N) is 2. The largest absolute Gasteiger partial charge is 0.480 e. The number of rotatable bonds is 6. The van der Waals surface area contributed by atoms with Crippen LogP contribution in [0.25, 0.3) is 0 Å². The molecule has 1 rings (SSSR count). The minimum absolute atomic E-state index is 0.00511. The molecule has 1 heterocycles. The lowest BCUT2D eigenvalue weighted by molar-refractivity contribution is -0.145. The van der Waals surface area contributed by atoms with Gasteiger partial charge in [0, 0.05) is 37.7 Å². The van der Waals surface area contributed by atoms with Crippen molar-refractivity contribution < 1.29 is 19.5 Å². The fraction of sp³-hybridized carbons (Fsp3) is 0.800. The highest BCUT2D eigenvalue weighted by Crippen LogP contribution is 2.19. The Morgan fingerprint density at radius 2 is 2.00 bits per heavy atom. The molecule has 7 heteroatoms. The van der Waals surface area contributed by atoms with Gasteiger partial charge in [0.15, 0.2) is 0 Å². The highest BCUT2D eigenvalue weighted by Gasteiger charge is 2.28. The quantitative estimate of drug-likeness (QED) is 0.794. The van der Waals surface area contributed by atoms with Crippen molar-refractivity contribution in [1.29, 1.82) is 0 Å². The number of carbonyl (C=O) groups is 3. The van der Waals surface area contributed by atoms with Crippen LogP contribution in [0.15, 0.2) is 0 Å². The summed E-state index contributed by atoms with van der Waals surface area (Å²) in [6.07, 6.45) is 4.17. The van der Waals surface area contributed by atoms with Gasteiger partial charge in [0.1, 0.15) is 6.54 Å². The number of carboxylic acids is 1. The summed E-state index contributed by atoms with van der Waals surface area (Å²) in [6.45, 7) is 4.35. The molecule has 22 heavy (non-hydrogen) atoms. The zero-order valence-electron chi connectivity index (χ0n) is 13.6. The summed E-state index contributed by atoms with van der Waals surface area (Å²) >= 11 is 1.66. The molecule has 1 N–H and O–H groups in total. The summed E-state index contributed by atoms with van der Waals surface area (Å²) < 4.78 is 0. The van der Waals surface area contributed by atoms with E-state index < -0.39 is 5.97 Å². The number of carbonyl (C=O) groups excluding carboxylic acids is 2. The Hall–Kier alpha value is -1.24. The highest BCUT2D eigenvalue weighted by molar-refractivity contribution is 7.98. The van der Waals surface area contributed by atoms with Crippen LogP contribution in [-0.4, -0.2) is 70.4 Å². The second-order valence-corrected chi connectivity index (χ2v) is 6.72. The van der Waals surface area contributed by atoms with Crippen LogP contribution in [0, 0.1) is 5.92 Å². The number of carboxylic acid groups (broad SMARTS) is 1. The number of thioether (sulfide) groups is 1. The van der Waals surface area contributed by atoms with Crippen LogP contribution in [0.3, 0.4) is 0 Å². The van der Waals surface area contributed by atoms with Gasteiger partial charge in [-0.3, -0.25) is 14.4 Å².